The van der Waals surface area contributed by atoms with Crippen molar-refractivity contribution in [3.63, 3.8) is 0 Å². The number of carboxylic acids is 1. The summed E-state index contributed by atoms with van der Waals surface area (Å²) in [6.45, 7) is 5.83. The van der Waals surface area contributed by atoms with Gasteiger partial charge in [0.1, 0.15) is 0 Å². The van der Waals surface area contributed by atoms with Crippen molar-refractivity contribution < 1.29 is 57.4 Å². The van der Waals surface area contributed by atoms with Gasteiger partial charge in [-0.3, -0.25) is 0 Å². The molecule has 0 atom stereocenters. The number of carbonyl (C=O) groups is 3. The molecule has 3 fully saturated rings. The Kier molecular flexibility index (Phi) is 14.3. The highest BCUT2D eigenvalue weighted by Crippen LogP contribution is 2.56. The maximum Gasteiger partial charge on any atom is 0.372 e. The number of methoxy groups -OCH3 is 1. The highest BCUT2D eigenvalue weighted by atomic mass is 16.7. The third kappa shape index (κ3) is 8.77. The molecule has 0 saturated carbocycles. The predicted molar refractivity (Wildman–Crippen MR) is 319 cm³/mol. The number of rotatable bonds is 7. The van der Waals surface area contributed by atoms with E-state index in [0.29, 0.717) is 43.1 Å². The second-order valence-corrected chi connectivity index (χ2v) is 22.2. The summed E-state index contributed by atoms with van der Waals surface area (Å²) < 4.78 is 47.7. The zero-order valence-electron chi connectivity index (χ0n) is 47.3. The van der Waals surface area contributed by atoms with Crippen LogP contribution in [-0.4, -0.2) is 76.4 Å². The summed E-state index contributed by atoms with van der Waals surface area (Å²) in [5.41, 5.74) is 15.5. The van der Waals surface area contributed by atoms with E-state index in [0.717, 1.165) is 27.8 Å². The van der Waals surface area contributed by atoms with Crippen molar-refractivity contribution in [2.75, 3.05) is 53.4 Å². The summed E-state index contributed by atoms with van der Waals surface area (Å²) in [6, 6.07) is 75.5. The van der Waals surface area contributed by atoms with E-state index in [-0.39, 0.29) is 19.8 Å². The Bertz CT molecular complexity index is 3820. The van der Waals surface area contributed by atoms with Gasteiger partial charge in [0.25, 0.3) is 17.4 Å². The van der Waals surface area contributed by atoms with Crippen LogP contribution in [0.3, 0.4) is 0 Å². The number of fused-ring (bicyclic) bond motifs is 15. The van der Waals surface area contributed by atoms with Gasteiger partial charge in [-0.15, -0.1) is 0 Å². The second-order valence-electron chi connectivity index (χ2n) is 22.2. The number of ether oxygens (including phenoxy) is 8. The molecule has 12 heteroatoms. The molecule has 6 aliphatic rings. The summed E-state index contributed by atoms with van der Waals surface area (Å²) in [5, 5.41) is 9.91. The normalized spacial score (nSPS) is 20.6. The second kappa shape index (κ2) is 22.0. The van der Waals surface area contributed by atoms with E-state index >= 15 is 0 Å². The standard InChI is InChI=1S/C26H24O4.C24H20O4.C23H18O4/c1-3-28-24(27)26(19-14-12-18(2)13-15-19)29-16-25(17-30-26)22-10-6-4-8-20(22)21-9-5-7-11-23(21)25;1-26-22(25)24(17-9-3-2-4-10-17)27-15-23(16-28-24)20-13-7-5-11-18(20)19-12-6-8-14-21(19)23;24-21(25)23(16-8-2-1-3-9-16)26-14-22(15-27-23)19-12-6-4-10-17(19)18-11-5-7-13-20(18)22/h4-15H,3,16-17H2,1-2H3;2-14H,15-16H2,1H3;1-13H,14-15H2,(H,24,25). The molecular weight excluding hydrogens is 1070 g/mol. The smallest absolute Gasteiger partial charge is 0.372 e. The van der Waals surface area contributed by atoms with E-state index in [4.69, 9.17) is 37.9 Å². The molecule has 3 aliphatic heterocycles. The first-order valence-electron chi connectivity index (χ1n) is 28.6. The van der Waals surface area contributed by atoms with Crippen molar-refractivity contribution in [3.8, 4) is 33.4 Å². The van der Waals surface area contributed by atoms with Crippen LogP contribution in [0.4, 0.5) is 0 Å². The monoisotopic (exact) mass is 1130 g/mol. The Labute approximate surface area is 493 Å². The first kappa shape index (κ1) is 55.3. The van der Waals surface area contributed by atoms with Crippen molar-refractivity contribution in [1.29, 1.82) is 0 Å². The molecule has 0 bridgehead atoms. The van der Waals surface area contributed by atoms with Gasteiger partial charge >= 0.3 is 17.9 Å². The molecular formula is C73H62O12. The van der Waals surface area contributed by atoms with Gasteiger partial charge in [-0.1, -0.05) is 236 Å². The van der Waals surface area contributed by atoms with Crippen LogP contribution in [0, 0.1) is 6.92 Å². The average molecular weight is 1130 g/mol. The molecule has 12 nitrogen and oxygen atoms in total. The van der Waals surface area contributed by atoms with Crippen LogP contribution >= 0.6 is 0 Å². The minimum absolute atomic E-state index is 0.238. The summed E-state index contributed by atoms with van der Waals surface area (Å²) in [7, 11) is 1.35. The van der Waals surface area contributed by atoms with Gasteiger partial charge in [0.2, 0.25) is 0 Å². The van der Waals surface area contributed by atoms with Crippen LogP contribution in [0.5, 0.6) is 0 Å². The van der Waals surface area contributed by atoms with Crippen LogP contribution < -0.4 is 0 Å². The maximum atomic E-state index is 13.0. The number of hydrogen-bond acceptors (Lipinski definition) is 11. The van der Waals surface area contributed by atoms with E-state index in [1.807, 2.05) is 140 Å². The molecule has 1 N–H and O–H groups in total. The lowest BCUT2D eigenvalue weighted by molar-refractivity contribution is -0.290. The highest BCUT2D eigenvalue weighted by molar-refractivity contribution is 5.86. The highest BCUT2D eigenvalue weighted by Gasteiger charge is 2.59. The first-order valence-corrected chi connectivity index (χ1v) is 28.6. The predicted octanol–water partition coefficient (Wildman–Crippen LogP) is 12.7. The van der Waals surface area contributed by atoms with E-state index < -0.39 is 51.5 Å². The summed E-state index contributed by atoms with van der Waals surface area (Å²) in [6.07, 6.45) is 0. The first-order chi connectivity index (χ1) is 41.5. The lowest BCUT2D eigenvalue weighted by atomic mass is 9.78. The maximum absolute atomic E-state index is 13.0. The minimum atomic E-state index is -1.78. The SMILES string of the molecule is CCOC(=O)C1(c2ccc(C)cc2)OCC2(CO1)c1ccccc1-c1ccccc12.COC(=O)C1(c2ccccc2)OCC2(CO1)c1ccccc1-c1ccccc12.O=C(O)C1(c2ccccc2)OCC2(CO1)c1ccccc1-c1ccccc12. The zero-order chi connectivity index (χ0) is 58.4. The van der Waals surface area contributed by atoms with Crippen molar-refractivity contribution >= 4 is 17.9 Å². The number of carbonyl (C=O) groups excluding carboxylic acids is 2. The van der Waals surface area contributed by atoms with Gasteiger partial charge < -0.3 is 43.0 Å². The molecule has 9 aromatic rings. The molecule has 426 valence electrons. The largest absolute Gasteiger partial charge is 0.477 e. The Morgan fingerprint density at radius 3 is 0.918 bits per heavy atom. The van der Waals surface area contributed by atoms with Gasteiger partial charge in [-0.05, 0) is 80.6 Å². The molecule has 9 aromatic carbocycles. The van der Waals surface area contributed by atoms with Gasteiger partial charge in [0, 0.05) is 16.7 Å². The quantitative estimate of drug-likeness (QED) is 0.152. The van der Waals surface area contributed by atoms with Crippen LogP contribution in [0.1, 0.15) is 62.6 Å². The van der Waals surface area contributed by atoms with Gasteiger partial charge in [-0.25, -0.2) is 14.4 Å². The fourth-order valence-corrected chi connectivity index (χ4v) is 13.4. The molecule has 0 amide bonds. The Morgan fingerprint density at radius 2 is 0.624 bits per heavy atom. The van der Waals surface area contributed by atoms with E-state index in [9.17, 15) is 19.5 Å². The molecule has 0 aromatic heterocycles. The van der Waals surface area contributed by atoms with Crippen LogP contribution in [0.25, 0.3) is 33.4 Å². The lowest BCUT2D eigenvalue weighted by Crippen LogP contribution is -2.54. The van der Waals surface area contributed by atoms with Crippen molar-refractivity contribution in [2.24, 2.45) is 0 Å². The Balaban J connectivity index is 0.000000119. The summed E-state index contributed by atoms with van der Waals surface area (Å²) in [4.78, 5) is 37.9. The summed E-state index contributed by atoms with van der Waals surface area (Å²) in [5.74, 6) is -7.08. The molecule has 3 heterocycles. The lowest BCUT2D eigenvalue weighted by Gasteiger charge is -2.44. The molecule has 3 aliphatic carbocycles. The van der Waals surface area contributed by atoms with Crippen molar-refractivity contribution in [2.45, 2.75) is 47.5 Å². The molecule has 3 saturated heterocycles. The molecule has 0 unspecified atom stereocenters. The van der Waals surface area contributed by atoms with Crippen LogP contribution in [-0.2, 0) is 85.9 Å². The third-order valence-electron chi connectivity index (χ3n) is 17.7. The summed E-state index contributed by atoms with van der Waals surface area (Å²) >= 11 is 0. The van der Waals surface area contributed by atoms with Crippen molar-refractivity contribution in [3.05, 3.63) is 286 Å². The number of carboxylic acid groups (broad SMARTS) is 1. The van der Waals surface area contributed by atoms with E-state index in [1.54, 1.807) is 31.2 Å². The van der Waals surface area contributed by atoms with Gasteiger partial charge in [-0.2, -0.15) is 0 Å². The number of benzene rings is 9. The van der Waals surface area contributed by atoms with Gasteiger partial charge in [0.05, 0.1) is 69.6 Å². The van der Waals surface area contributed by atoms with Crippen LogP contribution in [0.15, 0.2) is 231 Å². The molecule has 15 rings (SSSR count). The molecule has 85 heavy (non-hydrogen) atoms. The number of aliphatic carboxylic acids is 1. The van der Waals surface area contributed by atoms with Crippen molar-refractivity contribution in [1.82, 2.24) is 0 Å². The Hall–Kier alpha value is -8.85. The fourth-order valence-electron chi connectivity index (χ4n) is 13.4. The fraction of sp³-hybridized carbons (Fsp3) is 0.219. The molecule has 0 radical (unpaired) electrons. The van der Waals surface area contributed by atoms with E-state index in [1.165, 1.54) is 51.6 Å². The van der Waals surface area contributed by atoms with Gasteiger partial charge in [0.15, 0.2) is 0 Å². The minimum Gasteiger partial charge on any atom is -0.477 e. The topological polar surface area (TPSA) is 145 Å². The van der Waals surface area contributed by atoms with E-state index in [2.05, 4.69) is 72.8 Å². The Morgan fingerprint density at radius 1 is 0.365 bits per heavy atom. The number of aryl methyl sites for hydroxylation is 1. The number of esters is 2. The zero-order valence-corrected chi connectivity index (χ0v) is 47.3. The average Bonchev–Trinajstić information content (AvgIpc) is 1.73. The molecule has 3 spiro atoms. The van der Waals surface area contributed by atoms with Crippen LogP contribution in [0.2, 0.25) is 0 Å². The number of hydrogen-bond donors (Lipinski definition) is 1. The third-order valence-corrected chi connectivity index (χ3v) is 17.7.